The van der Waals surface area contributed by atoms with Crippen molar-refractivity contribution in [2.75, 3.05) is 0 Å². The molecule has 2 aliphatic heterocycles. The highest BCUT2D eigenvalue weighted by Crippen LogP contribution is 2.37. The van der Waals surface area contributed by atoms with Gasteiger partial charge in [-0.15, -0.1) is 0 Å². The van der Waals surface area contributed by atoms with Crippen molar-refractivity contribution >= 4 is 25.0 Å². The van der Waals surface area contributed by atoms with E-state index in [0.29, 0.717) is 0 Å². The van der Waals surface area contributed by atoms with Crippen LogP contribution in [0.3, 0.4) is 0 Å². The molecule has 2 heterocycles. The zero-order valence-electron chi connectivity index (χ0n) is 21.2. The van der Waals surface area contributed by atoms with Gasteiger partial charge in [0.25, 0.3) is 0 Å². The Labute approximate surface area is 199 Å². The average Bonchev–Trinajstić information content (AvgIpc) is 3.03. The maximum atomic E-state index is 6.04. The highest BCUT2D eigenvalue weighted by molar-refractivity contribution is 6.56. The van der Waals surface area contributed by atoms with Gasteiger partial charge in [-0.05, 0) is 84.7 Å². The first-order valence-electron chi connectivity index (χ1n) is 11.5. The molecule has 2 fully saturated rings. The molecule has 0 radical (unpaired) electrons. The van der Waals surface area contributed by atoms with Gasteiger partial charge < -0.3 is 18.6 Å². The monoisotopic (exact) mass is 442 g/mol. The van der Waals surface area contributed by atoms with Crippen LogP contribution in [0.4, 0.5) is 0 Å². The second-order valence-electron chi connectivity index (χ2n) is 10.9. The van der Waals surface area contributed by atoms with E-state index < -0.39 is 36.6 Å². The van der Waals surface area contributed by atoms with Crippen LogP contribution in [-0.4, -0.2) is 36.6 Å². The summed E-state index contributed by atoms with van der Waals surface area (Å²) in [6.45, 7) is 18.3. The van der Waals surface area contributed by atoms with Gasteiger partial charge in [0.15, 0.2) is 0 Å². The van der Waals surface area contributed by atoms with Gasteiger partial charge in [-0.1, -0.05) is 47.7 Å². The summed E-state index contributed by atoms with van der Waals surface area (Å²) in [4.78, 5) is 0. The molecule has 2 saturated heterocycles. The molecule has 0 aliphatic carbocycles. The molecule has 170 valence electrons. The first-order valence-corrected chi connectivity index (χ1v) is 11.5. The third-order valence-electron chi connectivity index (χ3n) is 7.42. The van der Waals surface area contributed by atoms with Gasteiger partial charge in [-0.3, -0.25) is 0 Å². The van der Waals surface area contributed by atoms with Crippen molar-refractivity contribution in [1.82, 2.24) is 0 Å². The van der Waals surface area contributed by atoms with Crippen molar-refractivity contribution < 1.29 is 18.6 Å². The summed E-state index contributed by atoms with van der Waals surface area (Å²) in [6.07, 6.45) is 0. The summed E-state index contributed by atoms with van der Waals surface area (Å²) in [5.41, 5.74) is 1.36. The maximum Gasteiger partial charge on any atom is 0.551 e. The van der Waals surface area contributed by atoms with Gasteiger partial charge in [0, 0.05) is 11.1 Å². The topological polar surface area (TPSA) is 36.9 Å². The molecule has 4 rings (SSSR count). The van der Waals surface area contributed by atoms with E-state index in [0.717, 1.165) is 27.5 Å². The lowest BCUT2D eigenvalue weighted by Crippen LogP contribution is -2.41. The Morgan fingerprint density at radius 2 is 1.09 bits per heavy atom. The van der Waals surface area contributed by atoms with Crippen molar-refractivity contribution in [2.45, 2.75) is 84.7 Å². The molecule has 4 nitrogen and oxygen atoms in total. The number of benzene rings is 2. The van der Waals surface area contributed by atoms with E-state index in [1.54, 1.807) is 0 Å². The first-order chi connectivity index (χ1) is 15.2. The molecule has 0 atom stereocenters. The minimum atomic E-state index is -0.559. The van der Waals surface area contributed by atoms with Crippen molar-refractivity contribution in [1.29, 1.82) is 0 Å². The summed E-state index contributed by atoms with van der Waals surface area (Å²) in [7, 11) is -1.12. The highest BCUT2D eigenvalue weighted by Gasteiger charge is 2.51. The van der Waals surface area contributed by atoms with Crippen molar-refractivity contribution in [3.05, 3.63) is 47.0 Å². The van der Waals surface area contributed by atoms with E-state index >= 15 is 0 Å². The fourth-order valence-electron chi connectivity index (χ4n) is 3.81. The van der Waals surface area contributed by atoms with Gasteiger partial charge in [0.1, 0.15) is 0 Å². The standard InChI is InChI=1S/C27H32B2O4/c1-19-13-14-22-20(15-17-28-30-24(2,3)25(4,5)31-28)11-10-12-23(22)21(19)16-18-29-32-26(6,7)27(8,9)33-29/h10-14H,1-9H3. The highest BCUT2D eigenvalue weighted by atomic mass is 16.7. The van der Waals surface area contributed by atoms with Gasteiger partial charge >= 0.3 is 14.2 Å². The van der Waals surface area contributed by atoms with E-state index in [1.165, 1.54) is 0 Å². The molecule has 33 heavy (non-hydrogen) atoms. The van der Waals surface area contributed by atoms with Gasteiger partial charge in [-0.25, -0.2) is 0 Å². The molecule has 2 aromatic carbocycles. The first kappa shape index (κ1) is 23.9. The number of aryl methyl sites for hydroxylation is 1. The average molecular weight is 442 g/mol. The number of fused-ring (bicyclic) bond motifs is 1. The van der Waals surface area contributed by atoms with Crippen LogP contribution in [0.15, 0.2) is 30.3 Å². The summed E-state index contributed by atoms with van der Waals surface area (Å²) < 4.78 is 24.1. The fraction of sp³-hybridized carbons (Fsp3) is 0.481. The quantitative estimate of drug-likeness (QED) is 0.420. The second kappa shape index (κ2) is 7.93. The fourth-order valence-corrected chi connectivity index (χ4v) is 3.81. The Hall–Kier alpha value is -2.21. The van der Waals surface area contributed by atoms with E-state index in [4.69, 9.17) is 18.6 Å². The van der Waals surface area contributed by atoms with Gasteiger partial charge in [0.05, 0.1) is 22.4 Å². The molecule has 2 aliphatic rings. The molecule has 0 saturated carbocycles. The molecule has 0 bridgehead atoms. The third-order valence-corrected chi connectivity index (χ3v) is 7.42. The molecule has 2 aromatic rings. The van der Waals surface area contributed by atoms with Crippen LogP contribution in [0.5, 0.6) is 0 Å². The van der Waals surface area contributed by atoms with E-state index in [1.807, 2.05) is 67.5 Å². The van der Waals surface area contributed by atoms with Crippen LogP contribution < -0.4 is 0 Å². The van der Waals surface area contributed by atoms with Crippen molar-refractivity contribution in [3.8, 4) is 23.5 Å². The predicted octanol–water partition coefficient (Wildman–Crippen LogP) is 5.11. The Bertz CT molecular complexity index is 1190. The Morgan fingerprint density at radius 1 is 0.606 bits per heavy atom. The number of rotatable bonds is 0. The van der Waals surface area contributed by atoms with Crippen LogP contribution in [0.1, 0.15) is 72.1 Å². The second-order valence-corrected chi connectivity index (χ2v) is 10.9. The Morgan fingerprint density at radius 3 is 1.61 bits per heavy atom. The molecule has 0 N–H and O–H groups in total. The zero-order valence-corrected chi connectivity index (χ0v) is 21.2. The van der Waals surface area contributed by atoms with Gasteiger partial charge in [0.2, 0.25) is 0 Å². The molecule has 0 amide bonds. The predicted molar refractivity (Wildman–Crippen MR) is 135 cm³/mol. The van der Waals surface area contributed by atoms with E-state index in [2.05, 4.69) is 48.6 Å². The number of hydrogen-bond acceptors (Lipinski definition) is 4. The lowest BCUT2D eigenvalue weighted by molar-refractivity contribution is 0.00578. The van der Waals surface area contributed by atoms with Crippen LogP contribution in [0.25, 0.3) is 10.8 Å². The maximum absolute atomic E-state index is 6.04. The smallest absolute Gasteiger partial charge is 0.392 e. The third kappa shape index (κ3) is 4.34. The number of hydrogen-bond donors (Lipinski definition) is 0. The lowest BCUT2D eigenvalue weighted by Gasteiger charge is -2.32. The largest absolute Gasteiger partial charge is 0.551 e. The molecule has 6 heteroatoms. The van der Waals surface area contributed by atoms with E-state index in [9.17, 15) is 0 Å². The molecular weight excluding hydrogens is 410 g/mol. The molecule has 0 aromatic heterocycles. The van der Waals surface area contributed by atoms with Crippen LogP contribution in [0.2, 0.25) is 0 Å². The molecule has 0 unspecified atom stereocenters. The molecular formula is C27H32B2O4. The summed E-state index contributed by atoms with van der Waals surface area (Å²) in [6, 6.07) is 10.3. The zero-order chi connectivity index (χ0) is 24.2. The van der Waals surface area contributed by atoms with Crippen molar-refractivity contribution in [3.63, 3.8) is 0 Å². The Balaban J connectivity index is 1.67. The minimum absolute atomic E-state index is 0.404. The molecule has 0 spiro atoms. The summed E-state index contributed by atoms with van der Waals surface area (Å²) in [5.74, 6) is 12.9. The van der Waals surface area contributed by atoms with Crippen LogP contribution in [0, 0.1) is 30.4 Å². The van der Waals surface area contributed by atoms with Crippen LogP contribution in [-0.2, 0) is 18.6 Å². The Kier molecular flexibility index (Phi) is 5.75. The minimum Gasteiger partial charge on any atom is -0.392 e. The SMILES string of the molecule is Cc1ccc2c(C#CB3OC(C)(C)C(C)(C)O3)cccc2c1C#CB1OC(C)(C)C(C)(C)O1. The van der Waals surface area contributed by atoms with Crippen molar-refractivity contribution in [2.24, 2.45) is 0 Å². The summed E-state index contributed by atoms with van der Waals surface area (Å²) >= 11 is 0. The normalized spacial score (nSPS) is 22.0. The van der Waals surface area contributed by atoms with Gasteiger partial charge in [-0.2, -0.15) is 0 Å². The van der Waals surface area contributed by atoms with E-state index in [-0.39, 0.29) is 0 Å². The van der Waals surface area contributed by atoms with Crippen LogP contribution >= 0.6 is 0 Å². The lowest BCUT2D eigenvalue weighted by atomic mass is 9.89. The summed E-state index contributed by atoms with van der Waals surface area (Å²) in [5, 5.41) is 2.10.